The number of ether oxygens (including phenoxy) is 1. The van der Waals surface area contributed by atoms with Crippen molar-refractivity contribution in [2.45, 2.75) is 58.5 Å². The molecule has 0 spiro atoms. The van der Waals surface area contributed by atoms with Crippen molar-refractivity contribution < 1.29 is 4.74 Å². The third-order valence-corrected chi connectivity index (χ3v) is 7.05. The van der Waals surface area contributed by atoms with Crippen molar-refractivity contribution in [1.82, 2.24) is 0 Å². The molecule has 4 aliphatic rings. The summed E-state index contributed by atoms with van der Waals surface area (Å²) in [5, 5.41) is 0. The fraction of sp³-hybridized carbons (Fsp3) is 1.00. The molecule has 0 aromatic carbocycles. The lowest BCUT2D eigenvalue weighted by molar-refractivity contribution is -0.192. The number of hydrogen-bond acceptors (Lipinski definition) is 1. The summed E-state index contributed by atoms with van der Waals surface area (Å²) in [4.78, 5) is 0. The zero-order valence-electron chi connectivity index (χ0n) is 12.0. The normalized spacial score (nSPS) is 59.0. The Bertz CT molecular complexity index is 298. The molecule has 1 nitrogen and oxygen atoms in total. The molecule has 4 fully saturated rings. The molecule has 18 heavy (non-hydrogen) atoms. The van der Waals surface area contributed by atoms with Crippen LogP contribution in [0.5, 0.6) is 0 Å². The molecule has 3 saturated carbocycles. The lowest BCUT2D eigenvalue weighted by Crippen LogP contribution is -2.57. The Morgan fingerprint density at radius 3 is 2.56 bits per heavy atom. The summed E-state index contributed by atoms with van der Waals surface area (Å²) in [5.74, 6) is 6.81. The highest BCUT2D eigenvalue weighted by atomic mass is 16.5. The van der Waals surface area contributed by atoms with E-state index in [0.29, 0.717) is 6.10 Å². The van der Waals surface area contributed by atoms with E-state index in [0.717, 1.165) is 48.0 Å². The summed E-state index contributed by atoms with van der Waals surface area (Å²) in [5.41, 5.74) is 0. The first-order valence-electron chi connectivity index (χ1n) is 8.37. The van der Waals surface area contributed by atoms with Crippen LogP contribution in [0.1, 0.15) is 52.4 Å². The van der Waals surface area contributed by atoms with Crippen molar-refractivity contribution >= 4 is 0 Å². The maximum absolute atomic E-state index is 6.31. The molecule has 0 amide bonds. The van der Waals surface area contributed by atoms with Gasteiger partial charge in [-0.25, -0.2) is 0 Å². The van der Waals surface area contributed by atoms with Crippen LogP contribution in [0.2, 0.25) is 0 Å². The molecule has 102 valence electrons. The van der Waals surface area contributed by atoms with Crippen LogP contribution in [0.25, 0.3) is 0 Å². The summed E-state index contributed by atoms with van der Waals surface area (Å²) in [6.45, 7) is 6.11. The third kappa shape index (κ3) is 1.55. The molecule has 4 rings (SSSR count). The maximum Gasteiger partial charge on any atom is 0.0608 e. The average Bonchev–Trinajstić information content (AvgIpc) is 2.38. The predicted molar refractivity (Wildman–Crippen MR) is 73.2 cm³/mol. The molecule has 1 heterocycles. The van der Waals surface area contributed by atoms with E-state index in [2.05, 4.69) is 13.8 Å². The number of rotatable bonds is 0. The molecular formula is C17H28O. The standard InChI is InChI=1S/C17H28O/c1-10-8-11(2)14-9-18-15-5-3-4-12-6-7-13(10)17(14)16(12)15/h10-17H,3-9H2,1-2H3. The smallest absolute Gasteiger partial charge is 0.0608 e. The minimum absolute atomic E-state index is 0.644. The van der Waals surface area contributed by atoms with Gasteiger partial charge in [0.2, 0.25) is 0 Å². The van der Waals surface area contributed by atoms with Gasteiger partial charge in [0.1, 0.15) is 0 Å². The van der Waals surface area contributed by atoms with E-state index in [1.54, 1.807) is 0 Å². The predicted octanol–water partition coefficient (Wildman–Crippen LogP) is 4.12. The minimum atomic E-state index is 0.644. The molecule has 8 atom stereocenters. The average molecular weight is 248 g/mol. The van der Waals surface area contributed by atoms with Gasteiger partial charge in [0.05, 0.1) is 12.7 Å². The Hall–Kier alpha value is -0.0400. The van der Waals surface area contributed by atoms with Crippen LogP contribution in [0.3, 0.4) is 0 Å². The van der Waals surface area contributed by atoms with Crippen LogP contribution in [0.15, 0.2) is 0 Å². The summed E-state index contributed by atoms with van der Waals surface area (Å²) < 4.78 is 6.31. The van der Waals surface area contributed by atoms with Gasteiger partial charge in [-0.2, -0.15) is 0 Å². The minimum Gasteiger partial charge on any atom is -0.378 e. The van der Waals surface area contributed by atoms with Gasteiger partial charge >= 0.3 is 0 Å². The first kappa shape index (κ1) is 11.8. The fourth-order valence-corrected chi connectivity index (χ4v) is 6.34. The quantitative estimate of drug-likeness (QED) is 0.626. The molecular weight excluding hydrogens is 220 g/mol. The van der Waals surface area contributed by atoms with Gasteiger partial charge < -0.3 is 4.74 Å². The van der Waals surface area contributed by atoms with Gasteiger partial charge in [-0.1, -0.05) is 20.3 Å². The van der Waals surface area contributed by atoms with Crippen LogP contribution in [0, 0.1) is 41.4 Å². The van der Waals surface area contributed by atoms with Gasteiger partial charge in [0.25, 0.3) is 0 Å². The maximum atomic E-state index is 6.31. The monoisotopic (exact) mass is 248 g/mol. The highest BCUT2D eigenvalue weighted by Crippen LogP contribution is 2.58. The van der Waals surface area contributed by atoms with Crippen molar-refractivity contribution in [2.24, 2.45) is 41.4 Å². The van der Waals surface area contributed by atoms with Crippen LogP contribution in [-0.4, -0.2) is 12.7 Å². The first-order valence-corrected chi connectivity index (χ1v) is 8.37. The zero-order chi connectivity index (χ0) is 12.3. The molecule has 3 aliphatic carbocycles. The van der Waals surface area contributed by atoms with E-state index in [1.807, 2.05) is 0 Å². The van der Waals surface area contributed by atoms with Gasteiger partial charge in [-0.15, -0.1) is 0 Å². The molecule has 0 aromatic rings. The second kappa shape index (κ2) is 4.23. The molecule has 8 unspecified atom stereocenters. The van der Waals surface area contributed by atoms with Crippen molar-refractivity contribution in [3.05, 3.63) is 0 Å². The molecule has 0 N–H and O–H groups in total. The Kier molecular flexibility index (Phi) is 2.76. The van der Waals surface area contributed by atoms with Gasteiger partial charge in [-0.3, -0.25) is 0 Å². The fourth-order valence-electron chi connectivity index (χ4n) is 6.34. The second-order valence-corrected chi connectivity index (χ2v) is 7.81. The molecule has 1 aliphatic heterocycles. The van der Waals surface area contributed by atoms with Crippen molar-refractivity contribution in [3.8, 4) is 0 Å². The van der Waals surface area contributed by atoms with Gasteiger partial charge in [0, 0.05) is 0 Å². The lowest BCUT2D eigenvalue weighted by Gasteiger charge is -2.60. The van der Waals surface area contributed by atoms with E-state index in [-0.39, 0.29) is 0 Å². The van der Waals surface area contributed by atoms with Crippen LogP contribution in [0.4, 0.5) is 0 Å². The molecule has 0 aromatic heterocycles. The van der Waals surface area contributed by atoms with Gasteiger partial charge in [-0.05, 0) is 73.5 Å². The summed E-state index contributed by atoms with van der Waals surface area (Å²) in [6, 6.07) is 0. The Balaban J connectivity index is 1.69. The number of hydrogen-bond donors (Lipinski definition) is 0. The third-order valence-electron chi connectivity index (χ3n) is 7.05. The highest BCUT2D eigenvalue weighted by molar-refractivity contribution is 5.03. The summed E-state index contributed by atoms with van der Waals surface area (Å²) in [7, 11) is 0. The zero-order valence-corrected chi connectivity index (χ0v) is 12.0. The van der Waals surface area contributed by atoms with Crippen molar-refractivity contribution in [3.63, 3.8) is 0 Å². The molecule has 1 heteroatoms. The Labute approximate surface area is 112 Å². The molecule has 1 saturated heterocycles. The topological polar surface area (TPSA) is 9.23 Å². The molecule has 0 bridgehead atoms. The van der Waals surface area contributed by atoms with E-state index >= 15 is 0 Å². The largest absolute Gasteiger partial charge is 0.378 e. The van der Waals surface area contributed by atoms with Crippen LogP contribution >= 0.6 is 0 Å². The van der Waals surface area contributed by atoms with Crippen molar-refractivity contribution in [1.29, 1.82) is 0 Å². The Morgan fingerprint density at radius 1 is 0.833 bits per heavy atom. The van der Waals surface area contributed by atoms with E-state index < -0.39 is 0 Å². The lowest BCUT2D eigenvalue weighted by atomic mass is 9.49. The second-order valence-electron chi connectivity index (χ2n) is 7.81. The summed E-state index contributed by atoms with van der Waals surface area (Å²) >= 11 is 0. The Morgan fingerprint density at radius 2 is 1.67 bits per heavy atom. The van der Waals surface area contributed by atoms with Gasteiger partial charge in [0.15, 0.2) is 0 Å². The molecule has 0 radical (unpaired) electrons. The first-order chi connectivity index (χ1) is 8.75. The highest BCUT2D eigenvalue weighted by Gasteiger charge is 2.55. The van der Waals surface area contributed by atoms with Crippen LogP contribution < -0.4 is 0 Å². The SMILES string of the molecule is CC1CC(C)C2COC3CCCC4CCC1C2C43. The van der Waals surface area contributed by atoms with E-state index in [1.165, 1.54) is 38.5 Å². The van der Waals surface area contributed by atoms with E-state index in [4.69, 9.17) is 4.74 Å². The van der Waals surface area contributed by atoms with E-state index in [9.17, 15) is 0 Å². The van der Waals surface area contributed by atoms with Crippen LogP contribution in [-0.2, 0) is 4.74 Å². The van der Waals surface area contributed by atoms with Crippen molar-refractivity contribution in [2.75, 3.05) is 6.61 Å². The summed E-state index contributed by atoms with van der Waals surface area (Å²) in [6.07, 6.45) is 9.43.